The van der Waals surface area contributed by atoms with Crippen LogP contribution < -0.4 is 14.4 Å². The van der Waals surface area contributed by atoms with Crippen molar-refractivity contribution in [1.82, 2.24) is 4.72 Å². The lowest BCUT2D eigenvalue weighted by atomic mass is 10.2. The van der Waals surface area contributed by atoms with E-state index in [4.69, 9.17) is 4.74 Å². The number of nitrogens with zero attached hydrogens (tertiary/aromatic N) is 1. The van der Waals surface area contributed by atoms with Crippen molar-refractivity contribution in [3.8, 4) is 5.75 Å². The summed E-state index contributed by atoms with van der Waals surface area (Å²) in [5, 5.41) is 0. The summed E-state index contributed by atoms with van der Waals surface area (Å²) in [7, 11) is -3.67. The van der Waals surface area contributed by atoms with E-state index in [0.717, 1.165) is 16.8 Å². The largest absolute Gasteiger partial charge is 0.492 e. The average molecular weight is 403 g/mol. The standard InChI is InChI=1S/C21H26N2O4S/c1-4-21(24)23-12-11-17-13-19(9-10-20(17)23)28(25,26)22-16(3)14-27-18-7-5-15(2)6-8-18/h5-10,13,16,22H,4,11-12,14H2,1-3H3/t16-/m1/s1. The molecule has 0 saturated heterocycles. The molecule has 2 aromatic rings. The predicted octanol–water partition coefficient (Wildman–Crippen LogP) is 3.04. The average Bonchev–Trinajstić information content (AvgIpc) is 3.10. The van der Waals surface area contributed by atoms with E-state index in [9.17, 15) is 13.2 Å². The van der Waals surface area contributed by atoms with Crippen molar-refractivity contribution in [2.75, 3.05) is 18.1 Å². The Morgan fingerprint density at radius 3 is 2.61 bits per heavy atom. The summed E-state index contributed by atoms with van der Waals surface area (Å²) >= 11 is 0. The van der Waals surface area contributed by atoms with Crippen LogP contribution >= 0.6 is 0 Å². The monoisotopic (exact) mass is 402 g/mol. The first-order chi connectivity index (χ1) is 13.3. The summed E-state index contributed by atoms with van der Waals surface area (Å²) in [6.07, 6.45) is 1.09. The lowest BCUT2D eigenvalue weighted by molar-refractivity contribution is -0.118. The molecular weight excluding hydrogens is 376 g/mol. The van der Waals surface area contributed by atoms with Crippen molar-refractivity contribution in [3.63, 3.8) is 0 Å². The molecule has 0 bridgehead atoms. The summed E-state index contributed by atoms with van der Waals surface area (Å²) in [5.41, 5.74) is 2.83. The Kier molecular flexibility index (Phi) is 6.05. The highest BCUT2D eigenvalue weighted by molar-refractivity contribution is 7.89. The lowest BCUT2D eigenvalue weighted by Gasteiger charge is -2.18. The fraction of sp³-hybridized carbons (Fsp3) is 0.381. The second-order valence-corrected chi connectivity index (χ2v) is 8.80. The van der Waals surface area contributed by atoms with Crippen LogP contribution in [-0.4, -0.2) is 33.5 Å². The van der Waals surface area contributed by atoms with Gasteiger partial charge in [-0.3, -0.25) is 4.79 Å². The quantitative estimate of drug-likeness (QED) is 0.772. The lowest BCUT2D eigenvalue weighted by Crippen LogP contribution is -2.36. The van der Waals surface area contributed by atoms with Crippen molar-refractivity contribution >= 4 is 21.6 Å². The van der Waals surface area contributed by atoms with Gasteiger partial charge < -0.3 is 9.64 Å². The Morgan fingerprint density at radius 1 is 1.21 bits per heavy atom. The van der Waals surface area contributed by atoms with E-state index in [1.54, 1.807) is 30.0 Å². The minimum Gasteiger partial charge on any atom is -0.492 e. The number of rotatable bonds is 7. The predicted molar refractivity (Wildman–Crippen MR) is 109 cm³/mol. The van der Waals surface area contributed by atoms with Crippen LogP contribution in [0.1, 0.15) is 31.4 Å². The van der Waals surface area contributed by atoms with E-state index >= 15 is 0 Å². The first kappa shape index (κ1) is 20.4. The van der Waals surface area contributed by atoms with E-state index < -0.39 is 16.1 Å². The minimum atomic E-state index is -3.67. The highest BCUT2D eigenvalue weighted by Crippen LogP contribution is 2.30. The maximum absolute atomic E-state index is 12.7. The van der Waals surface area contributed by atoms with Gasteiger partial charge in [-0.15, -0.1) is 0 Å². The maximum Gasteiger partial charge on any atom is 0.240 e. The molecule has 28 heavy (non-hydrogen) atoms. The molecule has 1 aliphatic rings. The molecule has 0 radical (unpaired) electrons. The van der Waals surface area contributed by atoms with Gasteiger partial charge in [0.15, 0.2) is 0 Å². The van der Waals surface area contributed by atoms with Crippen molar-refractivity contribution in [2.45, 2.75) is 44.6 Å². The number of hydrogen-bond donors (Lipinski definition) is 1. The maximum atomic E-state index is 12.7. The Hall–Kier alpha value is -2.38. The number of amides is 1. The first-order valence-corrected chi connectivity index (χ1v) is 10.9. The molecule has 0 aliphatic carbocycles. The number of anilines is 1. The molecule has 6 nitrogen and oxygen atoms in total. The van der Waals surface area contributed by atoms with E-state index in [0.29, 0.717) is 25.1 Å². The van der Waals surface area contributed by atoms with Crippen LogP contribution in [0.3, 0.4) is 0 Å². The highest BCUT2D eigenvalue weighted by atomic mass is 32.2. The number of hydrogen-bond acceptors (Lipinski definition) is 4. The van der Waals surface area contributed by atoms with Crippen LogP contribution in [0.5, 0.6) is 5.75 Å². The number of carbonyl (C=O) groups excluding carboxylic acids is 1. The van der Waals surface area contributed by atoms with E-state index in [-0.39, 0.29) is 17.4 Å². The molecule has 2 aromatic carbocycles. The Morgan fingerprint density at radius 2 is 1.93 bits per heavy atom. The molecule has 0 aromatic heterocycles. The second kappa shape index (κ2) is 8.32. The van der Waals surface area contributed by atoms with E-state index in [1.165, 1.54) is 0 Å². The van der Waals surface area contributed by atoms with Gasteiger partial charge in [0.2, 0.25) is 15.9 Å². The molecule has 0 saturated carbocycles. The molecule has 0 unspecified atom stereocenters. The number of ether oxygens (including phenoxy) is 1. The smallest absolute Gasteiger partial charge is 0.240 e. The van der Waals surface area contributed by atoms with Gasteiger partial charge in [-0.1, -0.05) is 24.6 Å². The van der Waals surface area contributed by atoms with E-state index in [2.05, 4.69) is 4.72 Å². The molecular formula is C21H26N2O4S. The summed E-state index contributed by atoms with van der Waals surface area (Å²) < 4.78 is 33.8. The van der Waals surface area contributed by atoms with Crippen molar-refractivity contribution in [2.24, 2.45) is 0 Å². The van der Waals surface area contributed by atoms with Crippen molar-refractivity contribution in [1.29, 1.82) is 0 Å². The molecule has 1 aliphatic heterocycles. The Bertz CT molecular complexity index is 955. The molecule has 1 atom stereocenters. The van der Waals surface area contributed by atoms with Gasteiger partial charge >= 0.3 is 0 Å². The van der Waals surface area contributed by atoms with Crippen LogP contribution in [0.4, 0.5) is 5.69 Å². The van der Waals surface area contributed by atoms with Crippen LogP contribution in [0, 0.1) is 6.92 Å². The fourth-order valence-electron chi connectivity index (χ4n) is 3.22. The van der Waals surface area contributed by atoms with Gasteiger partial charge in [-0.05, 0) is 56.2 Å². The normalized spacial score (nSPS) is 14.6. The molecule has 3 rings (SSSR count). The topological polar surface area (TPSA) is 75.7 Å². The third kappa shape index (κ3) is 4.54. The number of benzene rings is 2. The summed E-state index contributed by atoms with van der Waals surface area (Å²) in [6.45, 7) is 6.41. The number of carbonyl (C=O) groups is 1. The zero-order valence-corrected chi connectivity index (χ0v) is 17.3. The van der Waals surface area contributed by atoms with Gasteiger partial charge in [0.05, 0.1) is 10.9 Å². The third-order valence-electron chi connectivity index (χ3n) is 4.74. The third-order valence-corrected chi connectivity index (χ3v) is 6.32. The van der Waals surface area contributed by atoms with Crippen LogP contribution in [-0.2, 0) is 21.2 Å². The Labute approximate surface area is 166 Å². The van der Waals surface area contributed by atoms with Crippen LogP contribution in [0.2, 0.25) is 0 Å². The van der Waals surface area contributed by atoms with Crippen LogP contribution in [0.15, 0.2) is 47.4 Å². The fourth-order valence-corrected chi connectivity index (χ4v) is 4.50. The molecule has 1 heterocycles. The van der Waals surface area contributed by atoms with Gasteiger partial charge in [-0.25, -0.2) is 13.1 Å². The molecule has 7 heteroatoms. The first-order valence-electron chi connectivity index (χ1n) is 9.45. The molecule has 0 fully saturated rings. The molecule has 1 amide bonds. The van der Waals surface area contributed by atoms with Crippen molar-refractivity contribution < 1.29 is 17.9 Å². The number of fused-ring (bicyclic) bond motifs is 1. The zero-order valence-electron chi connectivity index (χ0n) is 16.4. The second-order valence-electron chi connectivity index (χ2n) is 7.09. The highest BCUT2D eigenvalue weighted by Gasteiger charge is 2.26. The summed E-state index contributed by atoms with van der Waals surface area (Å²) in [4.78, 5) is 13.9. The SMILES string of the molecule is CCC(=O)N1CCc2cc(S(=O)(=O)N[C@H](C)COc3ccc(C)cc3)ccc21. The molecule has 150 valence electrons. The number of aryl methyl sites for hydroxylation is 1. The number of nitrogens with one attached hydrogen (secondary N) is 1. The van der Waals surface area contributed by atoms with Gasteiger partial charge in [0, 0.05) is 18.7 Å². The van der Waals surface area contributed by atoms with Gasteiger partial charge in [0.1, 0.15) is 12.4 Å². The summed E-state index contributed by atoms with van der Waals surface area (Å²) in [5.74, 6) is 0.754. The summed E-state index contributed by atoms with van der Waals surface area (Å²) in [6, 6.07) is 12.2. The number of sulfonamides is 1. The zero-order chi connectivity index (χ0) is 20.3. The molecule has 0 spiro atoms. The van der Waals surface area contributed by atoms with Gasteiger partial charge in [0.25, 0.3) is 0 Å². The van der Waals surface area contributed by atoms with Crippen molar-refractivity contribution in [3.05, 3.63) is 53.6 Å². The Balaban J connectivity index is 1.66. The van der Waals surface area contributed by atoms with E-state index in [1.807, 2.05) is 38.1 Å². The minimum absolute atomic E-state index is 0.0503. The molecule has 1 N–H and O–H groups in total. The van der Waals surface area contributed by atoms with Gasteiger partial charge in [-0.2, -0.15) is 0 Å². The van der Waals surface area contributed by atoms with Crippen LogP contribution in [0.25, 0.3) is 0 Å².